The van der Waals surface area contributed by atoms with Crippen LogP contribution >= 0.6 is 11.6 Å². The second-order valence-corrected chi connectivity index (χ2v) is 9.41. The molecule has 180 valence electrons. The average molecular weight is 484 g/mol. The van der Waals surface area contributed by atoms with Gasteiger partial charge in [-0.15, -0.1) is 0 Å². The minimum absolute atomic E-state index is 0.117. The van der Waals surface area contributed by atoms with Gasteiger partial charge in [-0.25, -0.2) is 4.98 Å². The fourth-order valence-electron chi connectivity index (χ4n) is 4.61. The molecule has 1 saturated heterocycles. The Morgan fingerprint density at radius 2 is 1.79 bits per heavy atom. The van der Waals surface area contributed by atoms with Gasteiger partial charge in [0.05, 0.1) is 28.7 Å². The third-order valence-electron chi connectivity index (χ3n) is 6.36. The van der Waals surface area contributed by atoms with Crippen LogP contribution in [0.15, 0.2) is 42.6 Å². The van der Waals surface area contributed by atoms with Crippen LogP contribution in [0.2, 0.25) is 5.02 Å². The number of anilines is 2. The summed E-state index contributed by atoms with van der Waals surface area (Å²) in [5.41, 5.74) is 0.970. The molecule has 1 aromatic carbocycles. The summed E-state index contributed by atoms with van der Waals surface area (Å²) in [5, 5.41) is 9.29. The molecular weight excluding hydrogens is 454 g/mol. The Balaban J connectivity index is 1.31. The lowest BCUT2D eigenvalue weighted by Crippen LogP contribution is -2.44. The van der Waals surface area contributed by atoms with Crippen LogP contribution in [0, 0.1) is 5.92 Å². The monoisotopic (exact) mass is 483 g/mol. The Bertz CT molecular complexity index is 1020. The lowest BCUT2D eigenvalue weighted by atomic mass is 9.97. The van der Waals surface area contributed by atoms with Crippen LogP contribution in [0.1, 0.15) is 48.9 Å². The molecule has 0 bridgehead atoms. The third kappa shape index (κ3) is 6.55. The Hall–Kier alpha value is -2.97. The van der Waals surface area contributed by atoms with Gasteiger partial charge in [0, 0.05) is 18.8 Å². The van der Waals surface area contributed by atoms with Gasteiger partial charge in [-0.1, -0.05) is 36.6 Å². The normalized spacial score (nSPS) is 18.9. The summed E-state index contributed by atoms with van der Waals surface area (Å²) in [6.45, 7) is 1.37. The molecule has 1 aromatic heterocycles. The quantitative estimate of drug-likeness (QED) is 0.557. The number of rotatable bonds is 7. The summed E-state index contributed by atoms with van der Waals surface area (Å²) in [6, 6.07) is 10.6. The SMILES string of the molecule is O=C(CN1CCCC(C(=O)Nc2ccc(Cl)cn2)C1)Nc1ccccc1C(=O)NC1CCCC1. The Morgan fingerprint density at radius 3 is 2.56 bits per heavy atom. The van der Waals surface area contributed by atoms with Crippen molar-refractivity contribution in [1.82, 2.24) is 15.2 Å². The Kier molecular flexibility index (Phi) is 8.13. The molecule has 3 amide bonds. The summed E-state index contributed by atoms with van der Waals surface area (Å²) in [5.74, 6) is -0.260. The predicted octanol–water partition coefficient (Wildman–Crippen LogP) is 3.70. The van der Waals surface area contributed by atoms with Crippen molar-refractivity contribution in [3.8, 4) is 0 Å². The van der Waals surface area contributed by atoms with Gasteiger partial charge in [0.1, 0.15) is 5.82 Å². The lowest BCUT2D eigenvalue weighted by Gasteiger charge is -2.31. The van der Waals surface area contributed by atoms with Crippen molar-refractivity contribution in [3.63, 3.8) is 0 Å². The van der Waals surface area contributed by atoms with Crippen molar-refractivity contribution >= 4 is 40.8 Å². The van der Waals surface area contributed by atoms with Crippen LogP contribution in [-0.2, 0) is 9.59 Å². The number of likely N-dealkylation sites (tertiary alicyclic amines) is 1. The molecule has 0 radical (unpaired) electrons. The molecule has 3 N–H and O–H groups in total. The van der Waals surface area contributed by atoms with Crippen LogP contribution in [0.3, 0.4) is 0 Å². The van der Waals surface area contributed by atoms with Gasteiger partial charge in [-0.3, -0.25) is 19.3 Å². The average Bonchev–Trinajstić information content (AvgIpc) is 3.34. The van der Waals surface area contributed by atoms with Crippen LogP contribution in [0.25, 0.3) is 0 Å². The molecule has 2 fully saturated rings. The van der Waals surface area contributed by atoms with Gasteiger partial charge in [-0.05, 0) is 56.5 Å². The van der Waals surface area contributed by atoms with Crippen molar-refractivity contribution in [1.29, 1.82) is 0 Å². The fourth-order valence-corrected chi connectivity index (χ4v) is 4.72. The second-order valence-electron chi connectivity index (χ2n) is 8.97. The second kappa shape index (κ2) is 11.4. The zero-order valence-electron chi connectivity index (χ0n) is 19.1. The fraction of sp³-hybridized carbons (Fsp3) is 0.440. The molecule has 2 aliphatic rings. The summed E-state index contributed by atoms with van der Waals surface area (Å²) in [4.78, 5) is 44.3. The van der Waals surface area contributed by atoms with Crippen LogP contribution in [0.4, 0.5) is 11.5 Å². The predicted molar refractivity (Wildman–Crippen MR) is 132 cm³/mol. The van der Waals surface area contributed by atoms with Gasteiger partial charge in [0.15, 0.2) is 0 Å². The largest absolute Gasteiger partial charge is 0.349 e. The minimum Gasteiger partial charge on any atom is -0.349 e. The summed E-state index contributed by atoms with van der Waals surface area (Å²) in [6.07, 6.45) is 7.32. The van der Waals surface area contributed by atoms with E-state index in [-0.39, 0.29) is 36.2 Å². The highest BCUT2D eigenvalue weighted by molar-refractivity contribution is 6.30. The first kappa shape index (κ1) is 24.2. The number of piperidine rings is 1. The molecule has 34 heavy (non-hydrogen) atoms. The van der Waals surface area contributed by atoms with Gasteiger partial charge in [-0.2, -0.15) is 0 Å². The number of pyridine rings is 1. The van der Waals surface area contributed by atoms with Crippen LogP contribution in [-0.4, -0.2) is 53.3 Å². The van der Waals surface area contributed by atoms with Crippen molar-refractivity contribution in [2.24, 2.45) is 5.92 Å². The van der Waals surface area contributed by atoms with E-state index >= 15 is 0 Å². The van der Waals surface area contributed by atoms with Gasteiger partial charge in [0.25, 0.3) is 5.91 Å². The topological polar surface area (TPSA) is 103 Å². The maximum Gasteiger partial charge on any atom is 0.253 e. The van der Waals surface area contributed by atoms with E-state index < -0.39 is 0 Å². The van der Waals surface area contributed by atoms with Gasteiger partial charge in [0.2, 0.25) is 11.8 Å². The Labute approximate surface area is 204 Å². The van der Waals surface area contributed by atoms with Crippen molar-refractivity contribution in [2.75, 3.05) is 30.3 Å². The number of carbonyl (C=O) groups is 3. The highest BCUT2D eigenvalue weighted by atomic mass is 35.5. The van der Waals surface area contributed by atoms with E-state index in [1.54, 1.807) is 36.4 Å². The first-order chi connectivity index (χ1) is 16.5. The molecule has 8 nitrogen and oxygen atoms in total. The molecule has 1 atom stereocenters. The van der Waals surface area contributed by atoms with Gasteiger partial charge < -0.3 is 16.0 Å². The summed E-state index contributed by atoms with van der Waals surface area (Å²) >= 11 is 5.85. The molecule has 4 rings (SSSR count). The smallest absolute Gasteiger partial charge is 0.253 e. The molecule has 1 unspecified atom stereocenters. The zero-order valence-corrected chi connectivity index (χ0v) is 19.8. The molecule has 9 heteroatoms. The zero-order chi connectivity index (χ0) is 23.9. The van der Waals surface area contributed by atoms with E-state index in [2.05, 4.69) is 20.9 Å². The number of hydrogen-bond acceptors (Lipinski definition) is 5. The van der Waals surface area contributed by atoms with E-state index in [1.165, 1.54) is 6.20 Å². The van der Waals surface area contributed by atoms with Crippen molar-refractivity contribution < 1.29 is 14.4 Å². The molecule has 0 spiro atoms. The first-order valence-electron chi connectivity index (χ1n) is 11.8. The number of benzene rings is 1. The van der Waals surface area contributed by atoms with Crippen LogP contribution < -0.4 is 16.0 Å². The number of carbonyl (C=O) groups excluding carboxylic acids is 3. The number of aromatic nitrogens is 1. The molecule has 2 aromatic rings. The van der Waals surface area contributed by atoms with Crippen molar-refractivity contribution in [2.45, 2.75) is 44.6 Å². The third-order valence-corrected chi connectivity index (χ3v) is 6.58. The molecule has 1 saturated carbocycles. The number of nitrogens with zero attached hydrogens (tertiary/aromatic N) is 2. The standard InChI is InChI=1S/C25H30ClN5O3/c26-18-11-12-22(27-14-18)30-24(33)17-6-5-13-31(15-17)16-23(32)29-21-10-4-3-9-20(21)25(34)28-19-7-1-2-8-19/h3-4,9-12,14,17,19H,1-2,5-8,13,15-16H2,(H,28,34)(H,29,32)(H,27,30,33). The number of nitrogens with one attached hydrogen (secondary N) is 3. The molecule has 1 aliphatic heterocycles. The lowest BCUT2D eigenvalue weighted by molar-refractivity contribution is -0.123. The number of hydrogen-bond donors (Lipinski definition) is 3. The summed E-state index contributed by atoms with van der Waals surface area (Å²) < 4.78 is 0. The van der Waals surface area contributed by atoms with Crippen molar-refractivity contribution in [3.05, 3.63) is 53.2 Å². The molecule has 2 heterocycles. The van der Waals surface area contributed by atoms with E-state index in [0.717, 1.165) is 45.1 Å². The van der Waals surface area contributed by atoms with Gasteiger partial charge >= 0.3 is 0 Å². The minimum atomic E-state index is -0.233. The van der Waals surface area contributed by atoms with E-state index in [9.17, 15) is 14.4 Å². The van der Waals surface area contributed by atoms with E-state index in [4.69, 9.17) is 11.6 Å². The van der Waals surface area contributed by atoms with E-state index in [1.807, 2.05) is 4.90 Å². The Morgan fingerprint density at radius 1 is 1.00 bits per heavy atom. The maximum atomic E-state index is 12.8. The highest BCUT2D eigenvalue weighted by Crippen LogP contribution is 2.22. The summed E-state index contributed by atoms with van der Waals surface area (Å²) in [7, 11) is 0. The highest BCUT2D eigenvalue weighted by Gasteiger charge is 2.27. The number of amides is 3. The maximum absolute atomic E-state index is 12.8. The van der Waals surface area contributed by atoms with E-state index in [0.29, 0.717) is 28.6 Å². The number of para-hydroxylation sites is 1. The molecule has 1 aliphatic carbocycles. The van der Waals surface area contributed by atoms with Crippen LogP contribution in [0.5, 0.6) is 0 Å². The molecular formula is C25H30ClN5O3. The number of halogens is 1. The first-order valence-corrected chi connectivity index (χ1v) is 12.2.